The van der Waals surface area contributed by atoms with E-state index in [2.05, 4.69) is 4.72 Å². The number of fused-ring (bicyclic) bond motifs is 1. The van der Waals surface area contributed by atoms with Crippen molar-refractivity contribution in [2.24, 2.45) is 0 Å². The lowest BCUT2D eigenvalue weighted by atomic mass is 10.1. The first-order valence-electron chi connectivity index (χ1n) is 6.88. The van der Waals surface area contributed by atoms with Gasteiger partial charge in [-0.1, -0.05) is 48.0 Å². The van der Waals surface area contributed by atoms with Crippen LogP contribution in [-0.4, -0.2) is 8.42 Å². The Morgan fingerprint density at radius 3 is 2.43 bits per heavy atom. The van der Waals surface area contributed by atoms with E-state index < -0.39 is 15.8 Å². The molecule has 0 aliphatic heterocycles. The minimum Gasteiger partial charge on any atom is -0.207 e. The number of hydrogen-bond donors (Lipinski definition) is 1. The minimum atomic E-state index is -3.68. The molecule has 3 aromatic rings. The zero-order valence-electron chi connectivity index (χ0n) is 12.0. The van der Waals surface area contributed by atoms with Gasteiger partial charge in [0.1, 0.15) is 5.82 Å². The van der Waals surface area contributed by atoms with E-state index in [0.717, 1.165) is 16.8 Å². The summed E-state index contributed by atoms with van der Waals surface area (Å²) >= 11 is 5.91. The zero-order valence-corrected chi connectivity index (χ0v) is 13.5. The highest BCUT2D eigenvalue weighted by Gasteiger charge is 2.15. The molecule has 0 aliphatic carbocycles. The average molecular weight is 350 g/mol. The smallest absolute Gasteiger partial charge is 0.207 e. The van der Waals surface area contributed by atoms with E-state index in [1.165, 1.54) is 12.1 Å². The molecule has 0 saturated heterocycles. The average Bonchev–Trinajstić information content (AvgIpc) is 2.53. The molecule has 3 aromatic carbocycles. The maximum absolute atomic E-state index is 13.0. The summed E-state index contributed by atoms with van der Waals surface area (Å²) in [4.78, 5) is 0.175. The van der Waals surface area contributed by atoms with Gasteiger partial charge in [0.25, 0.3) is 0 Å². The Labute approximate surface area is 138 Å². The first-order chi connectivity index (χ1) is 11.0. The second kappa shape index (κ2) is 6.28. The van der Waals surface area contributed by atoms with Gasteiger partial charge in [0, 0.05) is 11.6 Å². The van der Waals surface area contributed by atoms with Crippen molar-refractivity contribution in [1.29, 1.82) is 0 Å². The Balaban J connectivity index is 1.85. The Hall–Kier alpha value is -1.95. The predicted octanol–water partition coefficient (Wildman–Crippen LogP) is 4.11. The first kappa shape index (κ1) is 15.9. The van der Waals surface area contributed by atoms with Crippen molar-refractivity contribution < 1.29 is 12.8 Å². The van der Waals surface area contributed by atoms with Gasteiger partial charge in [0.15, 0.2) is 0 Å². The minimum absolute atomic E-state index is 0.00568. The van der Waals surface area contributed by atoms with Crippen LogP contribution in [0.4, 0.5) is 4.39 Å². The van der Waals surface area contributed by atoms with Crippen molar-refractivity contribution >= 4 is 32.4 Å². The molecule has 0 saturated carbocycles. The maximum atomic E-state index is 13.0. The third-order valence-corrected chi connectivity index (χ3v) is 5.25. The molecule has 0 aliphatic rings. The van der Waals surface area contributed by atoms with Gasteiger partial charge in [0.05, 0.1) is 4.90 Å². The Morgan fingerprint density at radius 2 is 1.70 bits per heavy atom. The number of sulfonamides is 1. The molecule has 23 heavy (non-hydrogen) atoms. The van der Waals surface area contributed by atoms with E-state index in [4.69, 9.17) is 11.6 Å². The summed E-state index contributed by atoms with van der Waals surface area (Å²) in [6, 6.07) is 16.3. The van der Waals surface area contributed by atoms with Crippen molar-refractivity contribution in [1.82, 2.24) is 4.72 Å². The van der Waals surface area contributed by atoms with Gasteiger partial charge in [0.2, 0.25) is 10.0 Å². The van der Waals surface area contributed by atoms with Crippen molar-refractivity contribution in [2.45, 2.75) is 11.4 Å². The maximum Gasteiger partial charge on any atom is 0.240 e. The normalized spacial score (nSPS) is 11.7. The number of rotatable bonds is 4. The van der Waals surface area contributed by atoms with Gasteiger partial charge >= 0.3 is 0 Å². The third-order valence-electron chi connectivity index (χ3n) is 3.50. The van der Waals surface area contributed by atoms with Crippen LogP contribution in [-0.2, 0) is 16.6 Å². The molecule has 118 valence electrons. The van der Waals surface area contributed by atoms with Crippen LogP contribution < -0.4 is 4.72 Å². The third kappa shape index (κ3) is 3.52. The van der Waals surface area contributed by atoms with E-state index in [0.29, 0.717) is 5.56 Å². The lowest BCUT2D eigenvalue weighted by Crippen LogP contribution is -2.23. The Kier molecular flexibility index (Phi) is 4.35. The topological polar surface area (TPSA) is 46.2 Å². The summed E-state index contributed by atoms with van der Waals surface area (Å²) < 4.78 is 40.3. The number of halogens is 2. The van der Waals surface area contributed by atoms with Crippen LogP contribution >= 0.6 is 11.6 Å². The standard InChI is InChI=1S/C17H13ClFNO2S/c18-17-10-15(19)7-5-14(17)11-20-23(21,22)16-8-6-12-3-1-2-4-13(12)9-16/h1-10,20H,11H2. The van der Waals surface area contributed by atoms with Gasteiger partial charge in [-0.05, 0) is 40.6 Å². The van der Waals surface area contributed by atoms with Gasteiger partial charge in [-0.15, -0.1) is 0 Å². The second-order valence-electron chi connectivity index (χ2n) is 5.07. The van der Waals surface area contributed by atoms with Crippen LogP contribution in [0.15, 0.2) is 65.6 Å². The summed E-state index contributed by atoms with van der Waals surface area (Å²) in [6.07, 6.45) is 0. The highest BCUT2D eigenvalue weighted by molar-refractivity contribution is 7.89. The van der Waals surface area contributed by atoms with E-state index in [1.54, 1.807) is 18.2 Å². The van der Waals surface area contributed by atoms with E-state index in [-0.39, 0.29) is 16.5 Å². The van der Waals surface area contributed by atoms with E-state index in [9.17, 15) is 12.8 Å². The van der Waals surface area contributed by atoms with Crippen LogP contribution in [0, 0.1) is 5.82 Å². The summed E-state index contributed by atoms with van der Waals surface area (Å²) in [6.45, 7) is -0.00568. The van der Waals surface area contributed by atoms with Crippen LogP contribution in [0.5, 0.6) is 0 Å². The molecule has 6 heteroatoms. The lowest BCUT2D eigenvalue weighted by Gasteiger charge is -2.09. The molecule has 0 aromatic heterocycles. The Bertz CT molecular complexity index is 973. The van der Waals surface area contributed by atoms with Gasteiger partial charge in [-0.2, -0.15) is 0 Å². The zero-order chi connectivity index (χ0) is 16.4. The molecule has 0 spiro atoms. The lowest BCUT2D eigenvalue weighted by molar-refractivity contribution is 0.581. The largest absolute Gasteiger partial charge is 0.240 e. The molecule has 0 atom stereocenters. The highest BCUT2D eigenvalue weighted by Crippen LogP contribution is 2.20. The van der Waals surface area contributed by atoms with Crippen molar-refractivity contribution in [3.63, 3.8) is 0 Å². The Morgan fingerprint density at radius 1 is 0.957 bits per heavy atom. The molecule has 1 N–H and O–H groups in total. The molecule has 3 rings (SSSR count). The summed E-state index contributed by atoms with van der Waals surface area (Å²) in [7, 11) is -3.68. The van der Waals surface area contributed by atoms with Crippen LogP contribution in [0.25, 0.3) is 10.8 Å². The monoisotopic (exact) mass is 349 g/mol. The predicted molar refractivity (Wildman–Crippen MR) is 89.4 cm³/mol. The van der Waals surface area contributed by atoms with E-state index >= 15 is 0 Å². The molecule has 0 heterocycles. The number of nitrogens with one attached hydrogen (secondary N) is 1. The van der Waals surface area contributed by atoms with E-state index in [1.807, 2.05) is 24.3 Å². The summed E-state index contributed by atoms with van der Waals surface area (Å²) in [5.74, 6) is -0.462. The van der Waals surface area contributed by atoms with Gasteiger partial charge < -0.3 is 0 Å². The fourth-order valence-corrected chi connectivity index (χ4v) is 3.53. The molecule has 0 unspecified atom stereocenters. The fraction of sp³-hybridized carbons (Fsp3) is 0.0588. The molecular weight excluding hydrogens is 337 g/mol. The number of hydrogen-bond acceptors (Lipinski definition) is 2. The van der Waals surface area contributed by atoms with Gasteiger partial charge in [-0.25, -0.2) is 17.5 Å². The summed E-state index contributed by atoms with van der Waals surface area (Å²) in [5.41, 5.74) is 0.512. The summed E-state index contributed by atoms with van der Waals surface area (Å²) in [5, 5.41) is 1.99. The fourth-order valence-electron chi connectivity index (χ4n) is 2.26. The van der Waals surface area contributed by atoms with Crippen molar-refractivity contribution in [3.8, 4) is 0 Å². The van der Waals surface area contributed by atoms with Crippen LogP contribution in [0.1, 0.15) is 5.56 Å². The first-order valence-corrected chi connectivity index (χ1v) is 8.74. The molecule has 0 amide bonds. The van der Waals surface area contributed by atoms with Crippen molar-refractivity contribution in [2.75, 3.05) is 0 Å². The molecular formula is C17H13ClFNO2S. The molecule has 0 radical (unpaired) electrons. The van der Waals surface area contributed by atoms with Crippen LogP contribution in [0.2, 0.25) is 5.02 Å². The van der Waals surface area contributed by atoms with Crippen molar-refractivity contribution in [3.05, 3.63) is 77.1 Å². The SMILES string of the molecule is O=S(=O)(NCc1ccc(F)cc1Cl)c1ccc2ccccc2c1. The number of benzene rings is 3. The second-order valence-corrected chi connectivity index (χ2v) is 7.24. The van der Waals surface area contributed by atoms with Crippen LogP contribution in [0.3, 0.4) is 0 Å². The molecule has 0 bridgehead atoms. The molecule has 0 fully saturated rings. The quantitative estimate of drug-likeness (QED) is 0.770. The molecule has 3 nitrogen and oxygen atoms in total. The highest BCUT2D eigenvalue weighted by atomic mass is 35.5. The van der Waals surface area contributed by atoms with Gasteiger partial charge in [-0.3, -0.25) is 0 Å².